The fourth-order valence-electron chi connectivity index (χ4n) is 7.80. The van der Waals surface area contributed by atoms with E-state index in [1.807, 2.05) is 22.7 Å². The molecule has 0 aliphatic heterocycles. The Balaban J connectivity index is 1.31. The highest BCUT2D eigenvalue weighted by atomic mass is 32.1. The monoisotopic (exact) mass is 620 g/mol. The van der Waals surface area contributed by atoms with E-state index >= 15 is 0 Å². The van der Waals surface area contributed by atoms with Gasteiger partial charge in [-0.05, 0) is 54.6 Å². The molecular weight excluding hydrogens is 597 g/mol. The van der Waals surface area contributed by atoms with Gasteiger partial charge in [-0.15, -0.1) is 22.7 Å². The van der Waals surface area contributed by atoms with Crippen molar-refractivity contribution in [1.29, 1.82) is 0 Å². The molecule has 0 fully saturated rings. The Kier molecular flexibility index (Phi) is 4.90. The summed E-state index contributed by atoms with van der Waals surface area (Å²) in [5.74, 6) is 0. The maximum atomic E-state index is 2.51. The van der Waals surface area contributed by atoms with Crippen LogP contribution < -0.4 is 0 Å². The van der Waals surface area contributed by atoms with E-state index in [2.05, 4.69) is 155 Å². The van der Waals surface area contributed by atoms with E-state index in [-0.39, 0.29) is 0 Å². The molecule has 0 unspecified atom stereocenters. The number of rotatable bonds is 2. The Morgan fingerprint density at radius 1 is 0.370 bits per heavy atom. The number of fused-ring (bicyclic) bond motifs is 13. The van der Waals surface area contributed by atoms with Crippen LogP contribution in [0.15, 0.2) is 146 Å². The SMILES string of the molecule is c1ccc2c(c1)sc1ccc(-n3c4ccccc4c4ccc5c(c6ccccc6n5-c5cccc6c5sc5ccccc56)c43)cc12. The number of hydrogen-bond acceptors (Lipinski definition) is 2. The minimum Gasteiger partial charge on any atom is -0.309 e. The molecular formula is C42H24N2S2. The average molecular weight is 621 g/mol. The van der Waals surface area contributed by atoms with E-state index in [9.17, 15) is 0 Å². The normalized spacial score (nSPS) is 12.3. The van der Waals surface area contributed by atoms with Crippen LogP contribution in [0, 0.1) is 0 Å². The van der Waals surface area contributed by atoms with E-state index in [0.29, 0.717) is 0 Å². The van der Waals surface area contributed by atoms with Crippen molar-refractivity contribution in [2.75, 3.05) is 0 Å². The molecule has 0 spiro atoms. The molecule has 0 N–H and O–H groups in total. The quantitative estimate of drug-likeness (QED) is 0.182. The van der Waals surface area contributed by atoms with Crippen LogP contribution in [0.3, 0.4) is 0 Å². The zero-order valence-corrected chi connectivity index (χ0v) is 26.2. The number of benzene rings is 7. The highest BCUT2D eigenvalue weighted by Crippen LogP contribution is 2.45. The maximum Gasteiger partial charge on any atom is 0.0641 e. The first-order valence-corrected chi connectivity index (χ1v) is 17.2. The standard InChI is InChI=1S/C42H24N2S2/c1-5-15-33-26(10-1)29-21-22-35-40(41(29)43(33)25-20-23-39-32(24-25)28-12-4-7-18-37(28)45-39)31-13-2-6-16-34(31)44(35)36-17-9-14-30-27-11-3-8-19-38(27)46-42(30)36/h1-24H. The van der Waals surface area contributed by atoms with Gasteiger partial charge in [-0.2, -0.15) is 0 Å². The van der Waals surface area contributed by atoms with E-state index in [1.54, 1.807) is 0 Å². The van der Waals surface area contributed by atoms with Crippen molar-refractivity contribution in [1.82, 2.24) is 9.13 Å². The van der Waals surface area contributed by atoms with Crippen LogP contribution >= 0.6 is 22.7 Å². The molecule has 214 valence electrons. The van der Waals surface area contributed by atoms with Crippen molar-refractivity contribution in [3.63, 3.8) is 0 Å². The number of hydrogen-bond donors (Lipinski definition) is 0. The molecule has 0 bridgehead atoms. The van der Waals surface area contributed by atoms with Crippen molar-refractivity contribution in [2.24, 2.45) is 0 Å². The first-order valence-electron chi connectivity index (χ1n) is 15.6. The molecule has 11 aromatic rings. The highest BCUT2D eigenvalue weighted by molar-refractivity contribution is 7.26. The number of para-hydroxylation sites is 2. The minimum atomic E-state index is 1.19. The van der Waals surface area contributed by atoms with Crippen LogP contribution in [0.4, 0.5) is 0 Å². The fourth-order valence-corrected chi connectivity index (χ4v) is 10.1. The van der Waals surface area contributed by atoms with Crippen molar-refractivity contribution in [3.05, 3.63) is 146 Å². The summed E-state index contributed by atoms with van der Waals surface area (Å²) in [7, 11) is 0. The van der Waals surface area contributed by atoms with Gasteiger partial charge >= 0.3 is 0 Å². The Hall–Kier alpha value is -5.42. The predicted molar refractivity (Wildman–Crippen MR) is 201 cm³/mol. The second-order valence-corrected chi connectivity index (χ2v) is 14.2. The zero-order valence-electron chi connectivity index (χ0n) is 24.6. The van der Waals surface area contributed by atoms with Gasteiger partial charge in [0, 0.05) is 62.9 Å². The number of aromatic nitrogens is 2. The molecule has 7 aromatic carbocycles. The van der Waals surface area contributed by atoms with Gasteiger partial charge in [0.25, 0.3) is 0 Å². The number of thiophene rings is 2. The van der Waals surface area contributed by atoms with E-state index in [4.69, 9.17) is 0 Å². The summed E-state index contributed by atoms with van der Waals surface area (Å²) in [6.07, 6.45) is 0. The molecule has 0 atom stereocenters. The van der Waals surface area contributed by atoms with Crippen LogP contribution in [-0.2, 0) is 0 Å². The Bertz CT molecular complexity index is 3040. The Morgan fingerprint density at radius 3 is 1.83 bits per heavy atom. The summed E-state index contributed by atoms with van der Waals surface area (Å²) in [5, 5.41) is 10.4. The van der Waals surface area contributed by atoms with Gasteiger partial charge in [-0.1, -0.05) is 91.0 Å². The maximum absolute atomic E-state index is 2.51. The molecule has 0 amide bonds. The van der Waals surface area contributed by atoms with Gasteiger partial charge in [0.05, 0.1) is 32.5 Å². The summed E-state index contributed by atoms with van der Waals surface area (Å²) in [6, 6.07) is 53.8. The average Bonchev–Trinajstić information content (AvgIpc) is 3.85. The Labute approximate surface area is 271 Å². The molecule has 4 aromatic heterocycles. The lowest BCUT2D eigenvalue weighted by Crippen LogP contribution is -1.95. The molecule has 0 saturated heterocycles. The second kappa shape index (κ2) is 9.07. The molecule has 4 heterocycles. The number of nitrogens with zero attached hydrogens (tertiary/aromatic N) is 2. The van der Waals surface area contributed by atoms with Crippen LogP contribution in [-0.4, -0.2) is 9.13 Å². The van der Waals surface area contributed by atoms with Crippen molar-refractivity contribution >= 4 is 107 Å². The molecule has 0 saturated carbocycles. The lowest BCUT2D eigenvalue weighted by molar-refractivity contribution is 1.19. The summed E-state index contributed by atoms with van der Waals surface area (Å²) in [6.45, 7) is 0. The van der Waals surface area contributed by atoms with Crippen molar-refractivity contribution in [3.8, 4) is 11.4 Å². The topological polar surface area (TPSA) is 9.86 Å². The molecule has 0 radical (unpaired) electrons. The first-order chi connectivity index (χ1) is 22.8. The zero-order chi connectivity index (χ0) is 29.9. The van der Waals surface area contributed by atoms with Crippen molar-refractivity contribution in [2.45, 2.75) is 0 Å². The smallest absolute Gasteiger partial charge is 0.0641 e. The van der Waals surface area contributed by atoms with Gasteiger partial charge in [-0.3, -0.25) is 0 Å². The highest BCUT2D eigenvalue weighted by Gasteiger charge is 2.22. The largest absolute Gasteiger partial charge is 0.309 e. The minimum absolute atomic E-state index is 1.19. The third kappa shape index (κ3) is 3.20. The fraction of sp³-hybridized carbons (Fsp3) is 0. The molecule has 4 heteroatoms. The summed E-state index contributed by atoms with van der Waals surface area (Å²) in [5.41, 5.74) is 7.37. The van der Waals surface area contributed by atoms with E-state index < -0.39 is 0 Å². The van der Waals surface area contributed by atoms with E-state index in [0.717, 1.165) is 0 Å². The van der Waals surface area contributed by atoms with Crippen LogP contribution in [0.1, 0.15) is 0 Å². The molecule has 2 nitrogen and oxygen atoms in total. The summed E-state index contributed by atoms with van der Waals surface area (Å²) in [4.78, 5) is 0. The van der Waals surface area contributed by atoms with Gasteiger partial charge < -0.3 is 9.13 Å². The summed E-state index contributed by atoms with van der Waals surface area (Å²) >= 11 is 3.76. The van der Waals surface area contributed by atoms with Crippen molar-refractivity contribution < 1.29 is 0 Å². The predicted octanol–water partition coefficient (Wildman–Crippen LogP) is 12.6. The van der Waals surface area contributed by atoms with Gasteiger partial charge in [0.2, 0.25) is 0 Å². The van der Waals surface area contributed by atoms with Crippen LogP contribution in [0.2, 0.25) is 0 Å². The lowest BCUT2D eigenvalue weighted by atomic mass is 10.1. The summed E-state index contributed by atoms with van der Waals surface area (Å²) < 4.78 is 10.3. The second-order valence-electron chi connectivity index (χ2n) is 12.1. The molecule has 0 aliphatic carbocycles. The van der Waals surface area contributed by atoms with Gasteiger partial charge in [-0.25, -0.2) is 0 Å². The third-order valence-corrected chi connectivity index (χ3v) is 12.1. The Morgan fingerprint density at radius 2 is 1.00 bits per heavy atom. The van der Waals surface area contributed by atoms with Gasteiger partial charge in [0.1, 0.15) is 0 Å². The molecule has 11 rings (SSSR count). The van der Waals surface area contributed by atoms with Gasteiger partial charge in [0.15, 0.2) is 0 Å². The molecule has 46 heavy (non-hydrogen) atoms. The lowest BCUT2D eigenvalue weighted by Gasteiger charge is -2.11. The first kappa shape index (κ1) is 24.8. The van der Waals surface area contributed by atoms with Crippen LogP contribution in [0.5, 0.6) is 0 Å². The van der Waals surface area contributed by atoms with Crippen LogP contribution in [0.25, 0.3) is 95.3 Å². The third-order valence-electron chi connectivity index (χ3n) is 9.71. The van der Waals surface area contributed by atoms with E-state index in [1.165, 1.54) is 95.3 Å². The molecule has 0 aliphatic rings.